The summed E-state index contributed by atoms with van der Waals surface area (Å²) >= 11 is 0. The normalized spacial score (nSPS) is 18.2. The number of aryl methyl sites for hydroxylation is 1. The van der Waals surface area contributed by atoms with Crippen molar-refractivity contribution >= 4 is 16.1 Å². The van der Waals surface area contributed by atoms with Crippen LogP contribution in [-0.4, -0.2) is 55.2 Å². The van der Waals surface area contributed by atoms with Gasteiger partial charge in [-0.1, -0.05) is 30.3 Å². The van der Waals surface area contributed by atoms with Crippen molar-refractivity contribution in [2.24, 2.45) is 13.0 Å². The Morgan fingerprint density at radius 3 is 2.74 bits per heavy atom. The Kier molecular flexibility index (Phi) is 5.81. The van der Waals surface area contributed by atoms with Crippen molar-refractivity contribution in [3.63, 3.8) is 0 Å². The lowest BCUT2D eigenvalue weighted by Crippen LogP contribution is -2.45. The van der Waals surface area contributed by atoms with Gasteiger partial charge in [-0.05, 0) is 18.8 Å². The minimum absolute atomic E-state index is 0.0904. The number of amides is 2. The number of urea groups is 1. The predicted octanol–water partition coefficient (Wildman–Crippen LogP) is 1.42. The van der Waals surface area contributed by atoms with Crippen LogP contribution in [0.3, 0.4) is 0 Å². The number of rotatable bonds is 5. The summed E-state index contributed by atoms with van der Waals surface area (Å²) in [5.74, 6) is 0.0904. The zero-order valence-corrected chi connectivity index (χ0v) is 16.4. The fourth-order valence-corrected chi connectivity index (χ4v) is 4.99. The summed E-state index contributed by atoms with van der Waals surface area (Å²) in [6.07, 6.45) is 1.65. The fraction of sp³-hybridized carbons (Fsp3) is 0.444. The van der Waals surface area contributed by atoms with Gasteiger partial charge in [0.25, 0.3) is 10.0 Å². The zero-order valence-electron chi connectivity index (χ0n) is 15.6. The average molecular weight is 391 g/mol. The average Bonchev–Trinajstić information content (AvgIpc) is 3.09. The molecular formula is C18H25N5O3S. The van der Waals surface area contributed by atoms with E-state index < -0.39 is 10.0 Å². The first-order valence-electron chi connectivity index (χ1n) is 8.97. The first-order valence-corrected chi connectivity index (χ1v) is 10.4. The van der Waals surface area contributed by atoms with E-state index in [1.165, 1.54) is 8.99 Å². The molecule has 0 radical (unpaired) electrons. The molecule has 1 atom stereocenters. The monoisotopic (exact) mass is 391 g/mol. The minimum Gasteiger partial charge on any atom is -0.341 e. The van der Waals surface area contributed by atoms with Gasteiger partial charge in [0.05, 0.1) is 5.69 Å². The third kappa shape index (κ3) is 4.30. The van der Waals surface area contributed by atoms with Crippen LogP contribution >= 0.6 is 0 Å². The molecular weight excluding hydrogens is 366 g/mol. The van der Waals surface area contributed by atoms with Gasteiger partial charge in [-0.2, -0.15) is 9.40 Å². The Hall–Kier alpha value is -2.39. The maximum Gasteiger partial charge on any atom is 0.314 e. The number of benzene rings is 1. The summed E-state index contributed by atoms with van der Waals surface area (Å²) in [4.78, 5) is 11.4. The molecule has 1 saturated heterocycles. The highest BCUT2D eigenvalue weighted by Gasteiger charge is 2.32. The topological polar surface area (TPSA) is 96.3 Å². The lowest BCUT2D eigenvalue weighted by atomic mass is 10.00. The molecule has 1 aromatic carbocycles. The summed E-state index contributed by atoms with van der Waals surface area (Å²) in [6.45, 7) is 1.31. The molecule has 9 heteroatoms. The Bertz CT molecular complexity index is 895. The van der Waals surface area contributed by atoms with E-state index >= 15 is 0 Å². The number of piperidine rings is 1. The fourth-order valence-electron chi connectivity index (χ4n) is 3.31. The van der Waals surface area contributed by atoms with Crippen molar-refractivity contribution < 1.29 is 13.2 Å². The molecule has 2 amide bonds. The second-order valence-electron chi connectivity index (χ2n) is 6.69. The summed E-state index contributed by atoms with van der Waals surface area (Å²) in [5, 5.41) is 9.82. The van der Waals surface area contributed by atoms with Crippen LogP contribution in [0.5, 0.6) is 0 Å². The van der Waals surface area contributed by atoms with Crippen LogP contribution in [0.1, 0.15) is 12.8 Å². The number of hydrogen-bond donors (Lipinski definition) is 2. The molecule has 1 unspecified atom stereocenters. The molecule has 1 fully saturated rings. The smallest absolute Gasteiger partial charge is 0.314 e. The van der Waals surface area contributed by atoms with Crippen LogP contribution in [0.4, 0.5) is 4.79 Å². The number of carbonyl (C=O) groups excluding carboxylic acids is 1. The molecule has 3 rings (SSSR count). The number of hydrogen-bond acceptors (Lipinski definition) is 4. The van der Waals surface area contributed by atoms with Gasteiger partial charge in [-0.3, -0.25) is 4.68 Å². The van der Waals surface area contributed by atoms with E-state index in [1.807, 2.05) is 30.3 Å². The Morgan fingerprint density at radius 2 is 2.04 bits per heavy atom. The Labute approximate surface area is 159 Å². The van der Waals surface area contributed by atoms with Crippen LogP contribution in [0.15, 0.2) is 41.4 Å². The van der Waals surface area contributed by atoms with Gasteiger partial charge in [-0.25, -0.2) is 13.2 Å². The van der Waals surface area contributed by atoms with Crippen molar-refractivity contribution in [1.82, 2.24) is 24.7 Å². The molecule has 0 saturated carbocycles. The Balaban J connectivity index is 1.78. The summed E-state index contributed by atoms with van der Waals surface area (Å²) in [7, 11) is -0.449. The van der Waals surface area contributed by atoms with Crippen LogP contribution in [-0.2, 0) is 17.1 Å². The number of aromatic nitrogens is 2. The van der Waals surface area contributed by atoms with Gasteiger partial charge in [0.15, 0.2) is 5.03 Å². The second-order valence-corrected chi connectivity index (χ2v) is 8.57. The summed E-state index contributed by atoms with van der Waals surface area (Å²) in [5.41, 5.74) is 1.51. The van der Waals surface area contributed by atoms with Gasteiger partial charge in [0.2, 0.25) is 0 Å². The quantitative estimate of drug-likeness (QED) is 0.806. The number of sulfonamides is 1. The van der Waals surface area contributed by atoms with Crippen molar-refractivity contribution in [3.05, 3.63) is 36.4 Å². The number of nitrogens with one attached hydrogen (secondary N) is 2. The van der Waals surface area contributed by atoms with Gasteiger partial charge in [0, 0.05) is 45.4 Å². The molecule has 2 heterocycles. The van der Waals surface area contributed by atoms with E-state index in [2.05, 4.69) is 15.7 Å². The van der Waals surface area contributed by atoms with E-state index in [9.17, 15) is 13.2 Å². The first kappa shape index (κ1) is 19.4. The van der Waals surface area contributed by atoms with E-state index in [0.29, 0.717) is 25.3 Å². The molecule has 0 bridgehead atoms. The third-order valence-electron chi connectivity index (χ3n) is 4.77. The van der Waals surface area contributed by atoms with E-state index in [0.717, 1.165) is 18.4 Å². The van der Waals surface area contributed by atoms with E-state index in [-0.39, 0.29) is 17.0 Å². The molecule has 0 aliphatic carbocycles. The van der Waals surface area contributed by atoms with Gasteiger partial charge in [-0.15, -0.1) is 0 Å². The molecule has 8 nitrogen and oxygen atoms in total. The molecule has 2 aromatic rings. The second kappa shape index (κ2) is 8.10. The molecule has 27 heavy (non-hydrogen) atoms. The maximum atomic E-state index is 13.2. The van der Waals surface area contributed by atoms with Crippen LogP contribution in [0.25, 0.3) is 11.3 Å². The SMILES string of the molecule is CNC(=O)NCC1CCCN(S(=O)(=O)c2cc(-c3ccccc3)nn2C)C1. The highest BCUT2D eigenvalue weighted by Crippen LogP contribution is 2.26. The standard InChI is InChI=1S/C18H25N5O3S/c1-19-18(24)20-12-14-7-6-10-23(13-14)27(25,26)17-11-16(21-22(17)2)15-8-4-3-5-9-15/h3-5,8-9,11,14H,6-7,10,12-13H2,1-2H3,(H2,19,20,24). The molecule has 0 spiro atoms. The van der Waals surface area contributed by atoms with Crippen LogP contribution in [0, 0.1) is 5.92 Å². The van der Waals surface area contributed by atoms with Crippen molar-refractivity contribution in [1.29, 1.82) is 0 Å². The summed E-state index contributed by atoms with van der Waals surface area (Å²) < 4.78 is 29.2. The molecule has 1 aliphatic rings. The van der Waals surface area contributed by atoms with Gasteiger partial charge >= 0.3 is 6.03 Å². The molecule has 2 N–H and O–H groups in total. The first-order chi connectivity index (χ1) is 12.9. The number of nitrogens with zero attached hydrogens (tertiary/aromatic N) is 3. The van der Waals surface area contributed by atoms with Gasteiger partial charge < -0.3 is 10.6 Å². The zero-order chi connectivity index (χ0) is 19.4. The van der Waals surface area contributed by atoms with Crippen LogP contribution in [0.2, 0.25) is 0 Å². The molecule has 1 aliphatic heterocycles. The van der Waals surface area contributed by atoms with Crippen LogP contribution < -0.4 is 10.6 Å². The lowest BCUT2D eigenvalue weighted by molar-refractivity contribution is 0.231. The third-order valence-corrected chi connectivity index (χ3v) is 6.69. The Morgan fingerprint density at radius 1 is 1.30 bits per heavy atom. The molecule has 1 aromatic heterocycles. The van der Waals surface area contributed by atoms with Gasteiger partial charge in [0.1, 0.15) is 0 Å². The van der Waals surface area contributed by atoms with E-state index in [1.54, 1.807) is 20.2 Å². The van der Waals surface area contributed by atoms with Crippen molar-refractivity contribution in [3.8, 4) is 11.3 Å². The maximum absolute atomic E-state index is 13.2. The summed E-state index contributed by atoms with van der Waals surface area (Å²) in [6, 6.07) is 10.9. The van der Waals surface area contributed by atoms with E-state index in [4.69, 9.17) is 0 Å². The minimum atomic E-state index is -3.65. The van der Waals surface area contributed by atoms with Crippen molar-refractivity contribution in [2.75, 3.05) is 26.7 Å². The largest absolute Gasteiger partial charge is 0.341 e. The number of carbonyl (C=O) groups is 1. The lowest BCUT2D eigenvalue weighted by Gasteiger charge is -2.31. The van der Waals surface area contributed by atoms with Crippen molar-refractivity contribution in [2.45, 2.75) is 17.9 Å². The predicted molar refractivity (Wildman–Crippen MR) is 103 cm³/mol. The molecule has 146 valence electrons. The highest BCUT2D eigenvalue weighted by molar-refractivity contribution is 7.89. The highest BCUT2D eigenvalue weighted by atomic mass is 32.2.